The van der Waals surface area contributed by atoms with E-state index in [2.05, 4.69) is 14.6 Å². The van der Waals surface area contributed by atoms with E-state index in [4.69, 9.17) is 4.84 Å². The summed E-state index contributed by atoms with van der Waals surface area (Å²) < 4.78 is 9.27. The number of ether oxygens (including phenoxy) is 2. The number of nitrogens with zero attached hydrogens (tertiary/aromatic N) is 1. The van der Waals surface area contributed by atoms with Crippen LogP contribution in [0.4, 0.5) is 0 Å². The SMILES string of the molecule is COC(=O)CCCCCCCCC1CON=C1C(=O)OC. The van der Waals surface area contributed by atoms with Gasteiger partial charge in [-0.3, -0.25) is 4.79 Å². The highest BCUT2D eigenvalue weighted by Gasteiger charge is 2.29. The first kappa shape index (κ1) is 17.5. The fraction of sp³-hybridized carbons (Fsp3) is 0.800. The summed E-state index contributed by atoms with van der Waals surface area (Å²) in [5, 5.41) is 3.75. The minimum Gasteiger partial charge on any atom is -0.469 e. The third-order valence-electron chi connectivity index (χ3n) is 3.63. The van der Waals surface area contributed by atoms with Gasteiger partial charge in [0.15, 0.2) is 5.71 Å². The van der Waals surface area contributed by atoms with Gasteiger partial charge in [-0.05, 0) is 12.8 Å². The van der Waals surface area contributed by atoms with Crippen molar-refractivity contribution in [2.45, 2.75) is 51.4 Å². The molecule has 1 rings (SSSR count). The zero-order valence-electron chi connectivity index (χ0n) is 12.9. The fourth-order valence-electron chi connectivity index (χ4n) is 2.35. The van der Waals surface area contributed by atoms with E-state index in [9.17, 15) is 9.59 Å². The Morgan fingerprint density at radius 3 is 2.43 bits per heavy atom. The lowest BCUT2D eigenvalue weighted by atomic mass is 9.96. The van der Waals surface area contributed by atoms with E-state index in [0.717, 1.165) is 44.9 Å². The van der Waals surface area contributed by atoms with Gasteiger partial charge in [-0.2, -0.15) is 0 Å². The number of esters is 2. The molecule has 0 amide bonds. The van der Waals surface area contributed by atoms with E-state index >= 15 is 0 Å². The normalized spacial score (nSPS) is 17.0. The number of unbranched alkanes of at least 4 members (excludes halogenated alkanes) is 5. The van der Waals surface area contributed by atoms with Crippen LogP contribution in [0.5, 0.6) is 0 Å². The van der Waals surface area contributed by atoms with Gasteiger partial charge in [0, 0.05) is 12.3 Å². The molecule has 6 nitrogen and oxygen atoms in total. The summed E-state index contributed by atoms with van der Waals surface area (Å²) in [7, 11) is 2.77. The maximum Gasteiger partial charge on any atom is 0.356 e. The van der Waals surface area contributed by atoms with Crippen LogP contribution in [-0.2, 0) is 23.9 Å². The Balaban J connectivity index is 2.01. The minimum atomic E-state index is -0.389. The lowest BCUT2D eigenvalue weighted by Gasteiger charge is -2.08. The molecule has 0 radical (unpaired) electrons. The first-order valence-electron chi connectivity index (χ1n) is 7.54. The molecule has 1 aliphatic heterocycles. The molecular formula is C15H25NO5. The second-order valence-electron chi connectivity index (χ2n) is 5.20. The first-order chi connectivity index (χ1) is 10.2. The van der Waals surface area contributed by atoms with Crippen LogP contribution >= 0.6 is 0 Å². The molecule has 0 saturated carbocycles. The molecule has 0 spiro atoms. The number of hydrogen-bond acceptors (Lipinski definition) is 6. The summed E-state index contributed by atoms with van der Waals surface area (Å²) in [5.41, 5.74) is 0.413. The zero-order valence-corrected chi connectivity index (χ0v) is 12.9. The number of carbonyl (C=O) groups is 2. The minimum absolute atomic E-state index is 0.0665. The van der Waals surface area contributed by atoms with Gasteiger partial charge < -0.3 is 14.3 Å². The Bertz CT molecular complexity index is 367. The molecule has 0 N–H and O–H groups in total. The summed E-state index contributed by atoms with van der Waals surface area (Å²) in [5.74, 6) is -0.456. The van der Waals surface area contributed by atoms with Crippen LogP contribution in [0.3, 0.4) is 0 Å². The van der Waals surface area contributed by atoms with Crippen molar-refractivity contribution >= 4 is 17.7 Å². The van der Waals surface area contributed by atoms with Crippen molar-refractivity contribution in [1.82, 2.24) is 0 Å². The van der Waals surface area contributed by atoms with Gasteiger partial charge in [0.05, 0.1) is 14.2 Å². The van der Waals surface area contributed by atoms with Crippen LogP contribution in [0.2, 0.25) is 0 Å². The van der Waals surface area contributed by atoms with Crippen molar-refractivity contribution < 1.29 is 23.9 Å². The second-order valence-corrected chi connectivity index (χ2v) is 5.20. The average molecular weight is 299 g/mol. The van der Waals surface area contributed by atoms with Crippen LogP contribution in [0.25, 0.3) is 0 Å². The first-order valence-corrected chi connectivity index (χ1v) is 7.54. The van der Waals surface area contributed by atoms with Gasteiger partial charge in [0.25, 0.3) is 0 Å². The molecule has 0 aromatic rings. The second kappa shape index (κ2) is 10.2. The highest BCUT2D eigenvalue weighted by atomic mass is 16.6. The van der Waals surface area contributed by atoms with Gasteiger partial charge in [-0.25, -0.2) is 4.79 Å². The third-order valence-corrected chi connectivity index (χ3v) is 3.63. The van der Waals surface area contributed by atoms with Crippen molar-refractivity contribution in [2.24, 2.45) is 11.1 Å². The average Bonchev–Trinajstić information content (AvgIpc) is 2.97. The molecule has 0 aromatic heterocycles. The molecule has 6 heteroatoms. The Labute approximate surface area is 125 Å². The van der Waals surface area contributed by atoms with Crippen molar-refractivity contribution in [1.29, 1.82) is 0 Å². The maximum absolute atomic E-state index is 11.4. The molecular weight excluding hydrogens is 274 g/mol. The molecule has 0 aliphatic carbocycles. The topological polar surface area (TPSA) is 74.2 Å². The van der Waals surface area contributed by atoms with Crippen molar-refractivity contribution in [3.63, 3.8) is 0 Å². The fourth-order valence-corrected chi connectivity index (χ4v) is 2.35. The van der Waals surface area contributed by atoms with Crippen LogP contribution in [-0.4, -0.2) is 38.5 Å². The standard InChI is InChI=1S/C15H25NO5/c1-19-13(17)10-8-6-4-3-5-7-9-12-11-21-16-14(12)15(18)20-2/h12H,3-11H2,1-2H3. The van der Waals surface area contributed by atoms with Gasteiger partial charge in [-0.1, -0.05) is 37.3 Å². The van der Waals surface area contributed by atoms with Crippen LogP contribution in [0, 0.1) is 5.92 Å². The van der Waals surface area contributed by atoms with Gasteiger partial charge in [0.1, 0.15) is 6.61 Å². The predicted octanol–water partition coefficient (Wildman–Crippen LogP) is 2.46. The van der Waals surface area contributed by atoms with E-state index < -0.39 is 0 Å². The Morgan fingerprint density at radius 1 is 1.10 bits per heavy atom. The lowest BCUT2D eigenvalue weighted by molar-refractivity contribution is -0.140. The highest BCUT2D eigenvalue weighted by Crippen LogP contribution is 2.19. The monoisotopic (exact) mass is 299 g/mol. The highest BCUT2D eigenvalue weighted by molar-refractivity contribution is 6.37. The number of rotatable bonds is 10. The zero-order chi connectivity index (χ0) is 15.5. The summed E-state index contributed by atoms with van der Waals surface area (Å²) in [4.78, 5) is 27.3. The summed E-state index contributed by atoms with van der Waals surface area (Å²) in [6.45, 7) is 0.476. The molecule has 0 saturated heterocycles. The van der Waals surface area contributed by atoms with Crippen LogP contribution in [0.15, 0.2) is 5.16 Å². The number of carbonyl (C=O) groups excluding carboxylic acids is 2. The summed E-state index contributed by atoms with van der Waals surface area (Å²) >= 11 is 0. The Hall–Kier alpha value is -1.59. The summed E-state index contributed by atoms with van der Waals surface area (Å²) in [6, 6.07) is 0. The van der Waals surface area contributed by atoms with E-state index in [1.54, 1.807) is 0 Å². The van der Waals surface area contributed by atoms with E-state index in [0.29, 0.717) is 18.7 Å². The molecule has 1 aliphatic rings. The Kier molecular flexibility index (Phi) is 8.47. The predicted molar refractivity (Wildman–Crippen MR) is 77.8 cm³/mol. The van der Waals surface area contributed by atoms with E-state index in [1.807, 2.05) is 0 Å². The van der Waals surface area contributed by atoms with Crippen molar-refractivity contribution in [2.75, 3.05) is 20.8 Å². The molecule has 1 unspecified atom stereocenters. The van der Waals surface area contributed by atoms with Gasteiger partial charge >= 0.3 is 11.9 Å². The Morgan fingerprint density at radius 2 is 1.76 bits per heavy atom. The van der Waals surface area contributed by atoms with Gasteiger partial charge in [-0.15, -0.1) is 0 Å². The molecule has 0 aromatic carbocycles. The molecule has 21 heavy (non-hydrogen) atoms. The molecule has 1 heterocycles. The summed E-state index contributed by atoms with van der Waals surface area (Å²) in [6.07, 6.45) is 7.77. The smallest absolute Gasteiger partial charge is 0.356 e. The van der Waals surface area contributed by atoms with Crippen molar-refractivity contribution in [3.8, 4) is 0 Å². The molecule has 0 fully saturated rings. The largest absolute Gasteiger partial charge is 0.469 e. The lowest BCUT2D eigenvalue weighted by Crippen LogP contribution is -2.23. The number of methoxy groups -OCH3 is 2. The van der Waals surface area contributed by atoms with E-state index in [1.165, 1.54) is 14.2 Å². The molecule has 1 atom stereocenters. The quantitative estimate of drug-likeness (QED) is 0.457. The number of oxime groups is 1. The molecule has 120 valence electrons. The maximum atomic E-state index is 11.4. The third kappa shape index (κ3) is 6.60. The van der Waals surface area contributed by atoms with E-state index in [-0.39, 0.29) is 17.9 Å². The van der Waals surface area contributed by atoms with Crippen LogP contribution in [0.1, 0.15) is 51.4 Å². The molecule has 0 bridgehead atoms. The van der Waals surface area contributed by atoms with Crippen LogP contribution < -0.4 is 0 Å². The van der Waals surface area contributed by atoms with Crippen molar-refractivity contribution in [3.05, 3.63) is 0 Å². The van der Waals surface area contributed by atoms with Gasteiger partial charge in [0.2, 0.25) is 0 Å². The number of hydrogen-bond donors (Lipinski definition) is 0.